The van der Waals surface area contributed by atoms with Crippen LogP contribution in [0.4, 0.5) is 4.79 Å². The zero-order chi connectivity index (χ0) is 15.9. The van der Waals surface area contributed by atoms with Gasteiger partial charge in [-0.3, -0.25) is 9.97 Å². The van der Waals surface area contributed by atoms with E-state index >= 15 is 0 Å². The normalized spacial score (nSPS) is 10.3. The van der Waals surface area contributed by atoms with Gasteiger partial charge in [0.05, 0.1) is 6.26 Å². The molecule has 3 heterocycles. The Kier molecular flexibility index (Phi) is 4.63. The van der Waals surface area contributed by atoms with Gasteiger partial charge in [0.1, 0.15) is 12.4 Å². The Morgan fingerprint density at radius 2 is 2.04 bits per heavy atom. The highest BCUT2D eigenvalue weighted by Gasteiger charge is 2.06. The average molecular weight is 309 g/mol. The van der Waals surface area contributed by atoms with Crippen molar-refractivity contribution >= 4 is 6.09 Å². The van der Waals surface area contributed by atoms with Crippen LogP contribution >= 0.6 is 0 Å². The molecule has 6 heteroatoms. The van der Waals surface area contributed by atoms with E-state index in [4.69, 9.17) is 9.15 Å². The first kappa shape index (κ1) is 14.8. The van der Waals surface area contributed by atoms with E-state index in [0.717, 1.165) is 22.5 Å². The van der Waals surface area contributed by atoms with Crippen molar-refractivity contribution < 1.29 is 13.9 Å². The number of hydrogen-bond acceptors (Lipinski definition) is 5. The fraction of sp³-hybridized carbons (Fsp3) is 0.118. The number of ether oxygens (including phenoxy) is 1. The van der Waals surface area contributed by atoms with E-state index in [1.807, 2.05) is 24.3 Å². The molecule has 0 radical (unpaired) electrons. The maximum absolute atomic E-state index is 11.7. The van der Waals surface area contributed by atoms with Gasteiger partial charge in [-0.1, -0.05) is 6.07 Å². The largest absolute Gasteiger partial charge is 0.464 e. The predicted molar refractivity (Wildman–Crippen MR) is 83.2 cm³/mol. The zero-order valence-electron chi connectivity index (χ0n) is 12.3. The molecule has 0 aliphatic heterocycles. The minimum Gasteiger partial charge on any atom is -0.464 e. The van der Waals surface area contributed by atoms with Crippen LogP contribution in [0.1, 0.15) is 11.1 Å². The third kappa shape index (κ3) is 4.16. The van der Waals surface area contributed by atoms with E-state index in [-0.39, 0.29) is 6.61 Å². The van der Waals surface area contributed by atoms with E-state index in [2.05, 4.69) is 15.3 Å². The first-order valence-corrected chi connectivity index (χ1v) is 7.08. The molecule has 0 fully saturated rings. The van der Waals surface area contributed by atoms with Gasteiger partial charge in [0.2, 0.25) is 0 Å². The first-order chi connectivity index (χ1) is 11.3. The van der Waals surface area contributed by atoms with Crippen LogP contribution in [0.2, 0.25) is 0 Å². The van der Waals surface area contributed by atoms with Crippen molar-refractivity contribution in [1.29, 1.82) is 0 Å². The second kappa shape index (κ2) is 7.22. The number of hydrogen-bond donors (Lipinski definition) is 1. The smallest absolute Gasteiger partial charge is 0.407 e. The summed E-state index contributed by atoms with van der Waals surface area (Å²) in [7, 11) is 0. The van der Waals surface area contributed by atoms with Crippen molar-refractivity contribution in [2.75, 3.05) is 0 Å². The minimum atomic E-state index is -0.489. The summed E-state index contributed by atoms with van der Waals surface area (Å²) in [5, 5.41) is 2.69. The van der Waals surface area contributed by atoms with E-state index in [0.29, 0.717) is 6.54 Å². The highest BCUT2D eigenvalue weighted by molar-refractivity contribution is 5.67. The summed E-state index contributed by atoms with van der Waals surface area (Å²) in [5.74, 6) is 0.735. The van der Waals surface area contributed by atoms with Gasteiger partial charge in [-0.2, -0.15) is 0 Å². The van der Waals surface area contributed by atoms with Crippen molar-refractivity contribution in [3.05, 3.63) is 72.5 Å². The molecule has 0 saturated heterocycles. The van der Waals surface area contributed by atoms with Crippen molar-refractivity contribution in [2.24, 2.45) is 0 Å². The lowest BCUT2D eigenvalue weighted by Crippen LogP contribution is -2.23. The Hall–Kier alpha value is -3.15. The predicted octanol–water partition coefficient (Wildman–Crippen LogP) is 3.16. The van der Waals surface area contributed by atoms with Gasteiger partial charge in [0, 0.05) is 42.5 Å². The number of rotatable bonds is 5. The Morgan fingerprint density at radius 1 is 1.13 bits per heavy atom. The van der Waals surface area contributed by atoms with Gasteiger partial charge in [-0.05, 0) is 29.8 Å². The van der Waals surface area contributed by atoms with Crippen LogP contribution in [0.5, 0.6) is 0 Å². The SMILES string of the molecule is O=C(NCc1cncc(-c2ccco2)c1)OCc1cccnc1. The van der Waals surface area contributed by atoms with Crippen LogP contribution in [0, 0.1) is 0 Å². The molecule has 0 bridgehead atoms. The van der Waals surface area contributed by atoms with Crippen LogP contribution in [0.3, 0.4) is 0 Å². The van der Waals surface area contributed by atoms with Crippen molar-refractivity contribution in [3.63, 3.8) is 0 Å². The maximum atomic E-state index is 11.7. The fourth-order valence-electron chi connectivity index (χ4n) is 2.02. The van der Waals surface area contributed by atoms with Gasteiger partial charge in [0.15, 0.2) is 0 Å². The molecular formula is C17H15N3O3. The molecule has 6 nitrogen and oxygen atoms in total. The Labute approximate surface area is 133 Å². The molecule has 23 heavy (non-hydrogen) atoms. The van der Waals surface area contributed by atoms with Crippen LogP contribution < -0.4 is 5.32 Å². The van der Waals surface area contributed by atoms with Gasteiger partial charge in [-0.25, -0.2) is 4.79 Å². The van der Waals surface area contributed by atoms with Crippen LogP contribution in [0.25, 0.3) is 11.3 Å². The number of amides is 1. The van der Waals surface area contributed by atoms with Gasteiger partial charge < -0.3 is 14.5 Å². The highest BCUT2D eigenvalue weighted by atomic mass is 16.5. The molecular weight excluding hydrogens is 294 g/mol. The number of nitrogens with one attached hydrogen (secondary N) is 1. The second-order valence-electron chi connectivity index (χ2n) is 4.85. The van der Waals surface area contributed by atoms with Crippen molar-refractivity contribution in [3.8, 4) is 11.3 Å². The Bertz CT molecular complexity index is 758. The molecule has 0 aliphatic carbocycles. The zero-order valence-corrected chi connectivity index (χ0v) is 12.3. The lowest BCUT2D eigenvalue weighted by atomic mass is 10.1. The summed E-state index contributed by atoms with van der Waals surface area (Å²) in [6.07, 6.45) is 7.84. The van der Waals surface area contributed by atoms with E-state index < -0.39 is 6.09 Å². The lowest BCUT2D eigenvalue weighted by Gasteiger charge is -2.07. The molecule has 1 amide bonds. The van der Waals surface area contributed by atoms with Gasteiger partial charge >= 0.3 is 6.09 Å². The molecule has 0 aromatic carbocycles. The molecule has 1 N–H and O–H groups in total. The summed E-state index contributed by atoms with van der Waals surface area (Å²) in [5.41, 5.74) is 2.55. The lowest BCUT2D eigenvalue weighted by molar-refractivity contribution is 0.139. The summed E-state index contributed by atoms with van der Waals surface area (Å²) in [6.45, 7) is 0.512. The number of pyridine rings is 2. The quantitative estimate of drug-likeness (QED) is 0.783. The number of nitrogens with zero attached hydrogens (tertiary/aromatic N) is 2. The number of aromatic nitrogens is 2. The number of carbonyl (C=O) groups is 1. The van der Waals surface area contributed by atoms with Crippen molar-refractivity contribution in [2.45, 2.75) is 13.2 Å². The molecule has 0 unspecified atom stereocenters. The fourth-order valence-corrected chi connectivity index (χ4v) is 2.02. The molecule has 0 atom stereocenters. The summed E-state index contributed by atoms with van der Waals surface area (Å²) in [4.78, 5) is 19.8. The summed E-state index contributed by atoms with van der Waals surface area (Å²) >= 11 is 0. The number of furan rings is 1. The summed E-state index contributed by atoms with van der Waals surface area (Å²) in [6, 6.07) is 9.22. The third-order valence-electron chi connectivity index (χ3n) is 3.13. The van der Waals surface area contributed by atoms with Gasteiger partial charge in [-0.15, -0.1) is 0 Å². The topological polar surface area (TPSA) is 77.2 Å². The number of carbonyl (C=O) groups excluding carboxylic acids is 1. The Balaban J connectivity index is 1.52. The van der Waals surface area contributed by atoms with E-state index in [1.165, 1.54) is 0 Å². The van der Waals surface area contributed by atoms with E-state index in [1.54, 1.807) is 37.1 Å². The average Bonchev–Trinajstić information content (AvgIpc) is 3.14. The first-order valence-electron chi connectivity index (χ1n) is 7.08. The van der Waals surface area contributed by atoms with Crippen LogP contribution in [0.15, 0.2) is 65.8 Å². The standard InChI is InChI=1S/C17H15N3O3/c21-17(23-12-13-3-1-5-18-8-13)20-10-14-7-15(11-19-9-14)16-4-2-6-22-16/h1-9,11H,10,12H2,(H,20,21). The molecule has 116 valence electrons. The maximum Gasteiger partial charge on any atom is 0.407 e. The number of alkyl carbamates (subject to hydrolysis) is 1. The van der Waals surface area contributed by atoms with Crippen molar-refractivity contribution in [1.82, 2.24) is 15.3 Å². The van der Waals surface area contributed by atoms with Crippen LogP contribution in [-0.4, -0.2) is 16.1 Å². The molecule has 0 spiro atoms. The molecule has 3 aromatic heterocycles. The van der Waals surface area contributed by atoms with Gasteiger partial charge in [0.25, 0.3) is 0 Å². The summed E-state index contributed by atoms with van der Waals surface area (Å²) < 4.78 is 10.5. The Morgan fingerprint density at radius 3 is 2.83 bits per heavy atom. The molecule has 3 aromatic rings. The third-order valence-corrected chi connectivity index (χ3v) is 3.13. The molecule has 0 saturated carbocycles. The molecule has 0 aliphatic rings. The highest BCUT2D eigenvalue weighted by Crippen LogP contribution is 2.19. The monoisotopic (exact) mass is 309 g/mol. The second-order valence-corrected chi connectivity index (χ2v) is 4.85. The minimum absolute atomic E-state index is 0.185. The molecule has 3 rings (SSSR count). The van der Waals surface area contributed by atoms with Crippen LogP contribution in [-0.2, 0) is 17.9 Å². The van der Waals surface area contributed by atoms with E-state index in [9.17, 15) is 4.79 Å².